The van der Waals surface area contributed by atoms with Crippen LogP contribution in [0.4, 0.5) is 4.39 Å². The molecule has 16 heavy (non-hydrogen) atoms. The SMILES string of the molecule is CCOC(=O)C(C)C(F)c1ccc(C)cc1. The van der Waals surface area contributed by atoms with Gasteiger partial charge in [0, 0.05) is 0 Å². The second-order valence-electron chi connectivity index (χ2n) is 3.85. The molecule has 0 fully saturated rings. The van der Waals surface area contributed by atoms with Crippen LogP contribution in [-0.2, 0) is 9.53 Å². The summed E-state index contributed by atoms with van der Waals surface area (Å²) in [6.07, 6.45) is -1.31. The van der Waals surface area contributed by atoms with Gasteiger partial charge < -0.3 is 4.74 Å². The number of aryl methyl sites for hydroxylation is 1. The van der Waals surface area contributed by atoms with Crippen LogP contribution in [0.5, 0.6) is 0 Å². The van der Waals surface area contributed by atoms with Gasteiger partial charge in [-0.3, -0.25) is 4.79 Å². The van der Waals surface area contributed by atoms with E-state index < -0.39 is 18.1 Å². The van der Waals surface area contributed by atoms with E-state index in [2.05, 4.69) is 0 Å². The van der Waals surface area contributed by atoms with Crippen molar-refractivity contribution in [3.05, 3.63) is 35.4 Å². The van der Waals surface area contributed by atoms with Crippen LogP contribution in [0.2, 0.25) is 0 Å². The molecule has 0 spiro atoms. The molecule has 0 aromatic heterocycles. The number of esters is 1. The number of benzene rings is 1. The molecule has 1 aromatic carbocycles. The van der Waals surface area contributed by atoms with Crippen LogP contribution in [0.25, 0.3) is 0 Å². The Kier molecular flexibility index (Phi) is 4.47. The third-order valence-electron chi connectivity index (χ3n) is 2.49. The molecule has 0 aliphatic heterocycles. The molecule has 2 unspecified atom stereocenters. The maximum Gasteiger partial charge on any atom is 0.311 e. The zero-order valence-electron chi connectivity index (χ0n) is 9.87. The highest BCUT2D eigenvalue weighted by Crippen LogP contribution is 2.27. The van der Waals surface area contributed by atoms with Crippen LogP contribution in [0.1, 0.15) is 31.1 Å². The summed E-state index contributed by atoms with van der Waals surface area (Å²) in [5.41, 5.74) is 1.59. The predicted molar refractivity (Wildman–Crippen MR) is 60.8 cm³/mol. The summed E-state index contributed by atoms with van der Waals surface area (Å²) in [6.45, 7) is 5.47. The number of carbonyl (C=O) groups excluding carboxylic acids is 1. The first-order valence-corrected chi connectivity index (χ1v) is 5.43. The molecule has 0 N–H and O–H groups in total. The van der Waals surface area contributed by atoms with Gasteiger partial charge in [0.2, 0.25) is 0 Å². The fraction of sp³-hybridized carbons (Fsp3) is 0.462. The molecule has 0 saturated carbocycles. The molecule has 88 valence electrons. The van der Waals surface area contributed by atoms with Gasteiger partial charge >= 0.3 is 5.97 Å². The van der Waals surface area contributed by atoms with Crippen molar-refractivity contribution >= 4 is 5.97 Å². The average molecular weight is 224 g/mol. The van der Waals surface area contributed by atoms with Crippen molar-refractivity contribution in [3.63, 3.8) is 0 Å². The van der Waals surface area contributed by atoms with E-state index in [1.165, 1.54) is 0 Å². The predicted octanol–water partition coefficient (Wildman–Crippen LogP) is 3.20. The summed E-state index contributed by atoms with van der Waals surface area (Å²) in [4.78, 5) is 11.4. The minimum Gasteiger partial charge on any atom is -0.466 e. The van der Waals surface area contributed by atoms with E-state index in [4.69, 9.17) is 4.74 Å². The van der Waals surface area contributed by atoms with Crippen molar-refractivity contribution in [3.8, 4) is 0 Å². The van der Waals surface area contributed by atoms with Crippen LogP contribution in [-0.4, -0.2) is 12.6 Å². The van der Waals surface area contributed by atoms with Gasteiger partial charge in [0.15, 0.2) is 0 Å². The Labute approximate surface area is 95.4 Å². The van der Waals surface area contributed by atoms with E-state index >= 15 is 0 Å². The minimum atomic E-state index is -1.31. The molecular weight excluding hydrogens is 207 g/mol. The summed E-state index contributed by atoms with van der Waals surface area (Å²) in [7, 11) is 0. The van der Waals surface area contributed by atoms with E-state index in [0.717, 1.165) is 5.56 Å². The maximum absolute atomic E-state index is 13.9. The van der Waals surface area contributed by atoms with Gasteiger partial charge in [0.1, 0.15) is 6.17 Å². The molecule has 0 aliphatic carbocycles. The third kappa shape index (κ3) is 3.05. The van der Waals surface area contributed by atoms with Gasteiger partial charge in [-0.1, -0.05) is 29.8 Å². The van der Waals surface area contributed by atoms with Crippen molar-refractivity contribution in [2.24, 2.45) is 5.92 Å². The van der Waals surface area contributed by atoms with E-state index in [0.29, 0.717) is 5.56 Å². The standard InChI is InChI=1S/C13H17FO2/c1-4-16-13(15)10(3)12(14)11-7-5-9(2)6-8-11/h5-8,10,12H,4H2,1-3H3. The lowest BCUT2D eigenvalue weighted by molar-refractivity contribution is -0.149. The highest BCUT2D eigenvalue weighted by molar-refractivity contribution is 5.73. The first-order valence-electron chi connectivity index (χ1n) is 5.43. The molecule has 1 aromatic rings. The number of rotatable bonds is 4. The first-order chi connectivity index (χ1) is 7.56. The smallest absolute Gasteiger partial charge is 0.311 e. The van der Waals surface area contributed by atoms with Crippen molar-refractivity contribution < 1.29 is 13.9 Å². The van der Waals surface area contributed by atoms with Crippen LogP contribution in [0.15, 0.2) is 24.3 Å². The quantitative estimate of drug-likeness (QED) is 0.734. The maximum atomic E-state index is 13.9. The highest BCUT2D eigenvalue weighted by atomic mass is 19.1. The second-order valence-corrected chi connectivity index (χ2v) is 3.85. The molecule has 0 heterocycles. The van der Waals surface area contributed by atoms with E-state index in [1.807, 2.05) is 19.1 Å². The lowest BCUT2D eigenvalue weighted by atomic mass is 9.98. The number of hydrogen-bond donors (Lipinski definition) is 0. The molecular formula is C13H17FO2. The number of ether oxygens (including phenoxy) is 1. The van der Waals surface area contributed by atoms with Crippen LogP contribution in [0.3, 0.4) is 0 Å². The highest BCUT2D eigenvalue weighted by Gasteiger charge is 2.26. The zero-order valence-corrected chi connectivity index (χ0v) is 9.87. The largest absolute Gasteiger partial charge is 0.466 e. The van der Waals surface area contributed by atoms with E-state index in [1.54, 1.807) is 26.0 Å². The topological polar surface area (TPSA) is 26.3 Å². The lowest BCUT2D eigenvalue weighted by Crippen LogP contribution is -2.19. The number of alkyl halides is 1. The summed E-state index contributed by atoms with van der Waals surface area (Å²) in [5.74, 6) is -1.25. The Balaban J connectivity index is 2.73. The molecule has 0 bridgehead atoms. The fourth-order valence-electron chi connectivity index (χ4n) is 1.43. The Morgan fingerprint density at radius 2 is 1.94 bits per heavy atom. The summed E-state index contributed by atoms with van der Waals surface area (Å²) < 4.78 is 18.7. The third-order valence-corrected chi connectivity index (χ3v) is 2.49. The molecule has 3 heteroatoms. The van der Waals surface area contributed by atoms with Gasteiger partial charge in [-0.15, -0.1) is 0 Å². The van der Waals surface area contributed by atoms with E-state index in [-0.39, 0.29) is 6.61 Å². The average Bonchev–Trinajstić information content (AvgIpc) is 2.28. The molecule has 0 saturated heterocycles. The minimum absolute atomic E-state index is 0.282. The van der Waals surface area contributed by atoms with Crippen molar-refractivity contribution in [2.75, 3.05) is 6.61 Å². The number of carbonyl (C=O) groups is 1. The molecule has 1 rings (SSSR count). The molecule has 0 aliphatic rings. The Bertz CT molecular complexity index is 345. The first kappa shape index (κ1) is 12.7. The van der Waals surface area contributed by atoms with Crippen LogP contribution >= 0.6 is 0 Å². The van der Waals surface area contributed by atoms with Gasteiger partial charge in [0.25, 0.3) is 0 Å². The molecule has 2 nitrogen and oxygen atoms in total. The normalized spacial score (nSPS) is 14.2. The van der Waals surface area contributed by atoms with Crippen molar-refractivity contribution in [1.29, 1.82) is 0 Å². The van der Waals surface area contributed by atoms with Crippen LogP contribution < -0.4 is 0 Å². The lowest BCUT2D eigenvalue weighted by Gasteiger charge is -2.15. The summed E-state index contributed by atoms with van der Waals surface area (Å²) in [6, 6.07) is 7.07. The number of hydrogen-bond acceptors (Lipinski definition) is 2. The van der Waals surface area contributed by atoms with Gasteiger partial charge in [-0.2, -0.15) is 0 Å². The molecule has 0 amide bonds. The number of halogens is 1. The Hall–Kier alpha value is -1.38. The summed E-state index contributed by atoms with van der Waals surface area (Å²) in [5, 5.41) is 0. The van der Waals surface area contributed by atoms with Gasteiger partial charge in [-0.25, -0.2) is 4.39 Å². The molecule has 2 atom stereocenters. The molecule has 0 radical (unpaired) electrons. The van der Waals surface area contributed by atoms with Crippen molar-refractivity contribution in [2.45, 2.75) is 26.9 Å². The summed E-state index contributed by atoms with van der Waals surface area (Å²) >= 11 is 0. The van der Waals surface area contributed by atoms with Gasteiger partial charge in [-0.05, 0) is 26.3 Å². The van der Waals surface area contributed by atoms with Gasteiger partial charge in [0.05, 0.1) is 12.5 Å². The van der Waals surface area contributed by atoms with Crippen molar-refractivity contribution in [1.82, 2.24) is 0 Å². The Morgan fingerprint density at radius 1 is 1.38 bits per heavy atom. The van der Waals surface area contributed by atoms with Crippen LogP contribution in [0, 0.1) is 12.8 Å². The van der Waals surface area contributed by atoms with E-state index in [9.17, 15) is 9.18 Å². The second kappa shape index (κ2) is 5.64. The Morgan fingerprint density at radius 3 is 2.44 bits per heavy atom. The monoisotopic (exact) mass is 224 g/mol. The fourth-order valence-corrected chi connectivity index (χ4v) is 1.43. The zero-order chi connectivity index (χ0) is 12.1.